The summed E-state index contributed by atoms with van der Waals surface area (Å²) in [6, 6.07) is -0.535. The number of hydrogen-bond acceptors (Lipinski definition) is 6. The third-order valence-electron chi connectivity index (χ3n) is 2.98. The quantitative estimate of drug-likeness (QED) is 0.410. The van der Waals surface area contributed by atoms with Crippen molar-refractivity contribution < 1.29 is 19.4 Å². The summed E-state index contributed by atoms with van der Waals surface area (Å²) < 4.78 is 5.21. The lowest BCUT2D eigenvalue weighted by Gasteiger charge is -2.33. The normalized spacial score (nSPS) is 12.8. The van der Waals surface area contributed by atoms with Crippen LogP contribution in [0.4, 0.5) is 0 Å². The van der Waals surface area contributed by atoms with Gasteiger partial charge in [0.05, 0.1) is 6.61 Å². The van der Waals surface area contributed by atoms with Gasteiger partial charge in [-0.3, -0.25) is 9.59 Å². The number of hydrogen-bond donors (Lipinski definition) is 2. The van der Waals surface area contributed by atoms with Crippen molar-refractivity contribution in [1.29, 1.82) is 0 Å². The molecule has 0 saturated carbocycles. The van der Waals surface area contributed by atoms with Crippen LogP contribution in [0.25, 0.3) is 0 Å². The molecule has 0 rings (SSSR count). The minimum Gasteiger partial charge on any atom is -0.480 e. The molecule has 1 atom stereocenters. The van der Waals surface area contributed by atoms with Crippen LogP contribution >= 0.6 is 21.6 Å². The van der Waals surface area contributed by atoms with E-state index in [0.717, 1.165) is 6.42 Å². The number of aliphatic carboxylic acids is 1. The lowest BCUT2D eigenvalue weighted by Crippen LogP contribution is -2.36. The number of likely N-dealkylation sites (N-methyl/N-ethyl adjacent to an activating group) is 1. The largest absolute Gasteiger partial charge is 0.480 e. The lowest BCUT2D eigenvalue weighted by molar-refractivity contribution is -0.146. The summed E-state index contributed by atoms with van der Waals surface area (Å²) in [5.74, 6) is -0.503. The number of carbonyl (C=O) groups is 2. The van der Waals surface area contributed by atoms with Crippen molar-refractivity contribution in [3.05, 3.63) is 0 Å². The predicted molar refractivity (Wildman–Crippen MR) is 106 cm³/mol. The minimum absolute atomic E-state index is 0.0381. The van der Waals surface area contributed by atoms with Crippen LogP contribution in [0.3, 0.4) is 0 Å². The van der Waals surface area contributed by atoms with Crippen LogP contribution in [-0.4, -0.2) is 47.2 Å². The smallest absolute Gasteiger partial charge is 0.321 e. The van der Waals surface area contributed by atoms with Gasteiger partial charge in [-0.25, -0.2) is 0 Å². The summed E-state index contributed by atoms with van der Waals surface area (Å²) in [4.78, 5) is 22.2. The van der Waals surface area contributed by atoms with Crippen LogP contribution in [0.15, 0.2) is 0 Å². The highest BCUT2D eigenvalue weighted by Gasteiger charge is 2.31. The molecule has 144 valence electrons. The molecule has 0 radical (unpaired) electrons. The monoisotopic (exact) mass is 381 g/mol. The van der Waals surface area contributed by atoms with E-state index in [2.05, 4.69) is 33.0 Å². The molecule has 0 aromatic heterocycles. The van der Waals surface area contributed by atoms with Crippen molar-refractivity contribution in [2.75, 3.05) is 19.4 Å². The zero-order chi connectivity index (χ0) is 19.4. The van der Waals surface area contributed by atoms with Gasteiger partial charge in [0.25, 0.3) is 0 Å². The van der Waals surface area contributed by atoms with Crippen molar-refractivity contribution in [1.82, 2.24) is 5.32 Å². The molecule has 0 aromatic carbocycles. The second kappa shape index (κ2) is 12.9. The number of ether oxygens (including phenoxy) is 1. The van der Waals surface area contributed by atoms with Crippen molar-refractivity contribution in [2.45, 2.75) is 72.1 Å². The van der Waals surface area contributed by atoms with Gasteiger partial charge >= 0.3 is 11.9 Å². The average Bonchev–Trinajstić information content (AvgIpc) is 2.49. The molecular weight excluding hydrogens is 346 g/mol. The van der Waals surface area contributed by atoms with E-state index in [1.807, 2.05) is 13.8 Å². The Morgan fingerprint density at radius 1 is 1.21 bits per heavy atom. The van der Waals surface area contributed by atoms with Gasteiger partial charge in [0.2, 0.25) is 0 Å². The molecule has 5 nitrogen and oxygen atoms in total. The molecule has 24 heavy (non-hydrogen) atoms. The Bertz CT molecular complexity index is 374. The second-order valence-corrected chi connectivity index (χ2v) is 9.71. The Kier molecular flexibility index (Phi) is 13.9. The summed E-state index contributed by atoms with van der Waals surface area (Å²) in [6.07, 6.45) is 1.26. The maximum absolute atomic E-state index is 11.3. The molecule has 0 heterocycles. The van der Waals surface area contributed by atoms with E-state index in [9.17, 15) is 9.59 Å². The number of nitrogens with one attached hydrogen (secondary N) is 1. The Morgan fingerprint density at radius 2 is 1.75 bits per heavy atom. The minimum atomic E-state index is -0.833. The fourth-order valence-electron chi connectivity index (χ4n) is 2.15. The SMILES string of the molecule is CC.CCC(=O)OCC(C)(C)CC(C)(C)SSCC(NC)C(=O)O. The van der Waals surface area contributed by atoms with Gasteiger partial charge in [-0.1, -0.05) is 56.2 Å². The standard InChI is InChI=1S/C15H29NO4S2.C2H6/c1-7-12(17)20-10-14(2,3)9-15(4,5)22-21-8-11(16-6)13(18)19;1-2/h11,16H,7-10H2,1-6H3,(H,18,19);1-2H3. The second-order valence-electron chi connectivity index (χ2n) is 6.66. The molecule has 2 N–H and O–H groups in total. The highest BCUT2D eigenvalue weighted by Crippen LogP contribution is 2.43. The molecule has 7 heteroatoms. The van der Waals surface area contributed by atoms with Crippen molar-refractivity contribution in [2.24, 2.45) is 5.41 Å². The Balaban J connectivity index is 0. The molecule has 0 amide bonds. The van der Waals surface area contributed by atoms with Crippen LogP contribution in [0.2, 0.25) is 0 Å². The van der Waals surface area contributed by atoms with E-state index in [1.54, 1.807) is 35.6 Å². The van der Waals surface area contributed by atoms with Crippen molar-refractivity contribution in [3.63, 3.8) is 0 Å². The van der Waals surface area contributed by atoms with Crippen LogP contribution in [0, 0.1) is 5.41 Å². The van der Waals surface area contributed by atoms with E-state index in [4.69, 9.17) is 9.84 Å². The first-order valence-electron chi connectivity index (χ1n) is 8.39. The zero-order valence-electron chi connectivity index (χ0n) is 16.4. The van der Waals surface area contributed by atoms with Gasteiger partial charge in [0.1, 0.15) is 6.04 Å². The van der Waals surface area contributed by atoms with Crippen LogP contribution in [0.5, 0.6) is 0 Å². The molecule has 0 spiro atoms. The molecule has 0 bridgehead atoms. The molecular formula is C17H35NO4S2. The molecule has 0 fully saturated rings. The molecule has 0 aliphatic heterocycles. The Morgan fingerprint density at radius 3 is 2.17 bits per heavy atom. The summed E-state index contributed by atoms with van der Waals surface area (Å²) in [6.45, 7) is 14.6. The first-order valence-corrected chi connectivity index (χ1v) is 10.7. The lowest BCUT2D eigenvalue weighted by atomic mass is 9.84. The number of carbonyl (C=O) groups excluding carboxylic acids is 1. The number of esters is 1. The Labute approximate surface area is 155 Å². The van der Waals surface area contributed by atoms with E-state index in [1.165, 1.54) is 0 Å². The fraction of sp³-hybridized carbons (Fsp3) is 0.882. The van der Waals surface area contributed by atoms with Crippen LogP contribution in [0.1, 0.15) is 61.3 Å². The van der Waals surface area contributed by atoms with Crippen molar-refractivity contribution >= 4 is 33.5 Å². The van der Waals surface area contributed by atoms with E-state index < -0.39 is 12.0 Å². The van der Waals surface area contributed by atoms with E-state index in [-0.39, 0.29) is 16.1 Å². The maximum atomic E-state index is 11.3. The third-order valence-corrected chi connectivity index (χ3v) is 6.28. The third kappa shape index (κ3) is 13.0. The number of carboxylic acid groups (broad SMARTS) is 1. The first kappa shape index (κ1) is 25.8. The highest BCUT2D eigenvalue weighted by molar-refractivity contribution is 8.77. The van der Waals surface area contributed by atoms with Crippen LogP contribution < -0.4 is 5.32 Å². The summed E-state index contributed by atoms with van der Waals surface area (Å²) in [5.41, 5.74) is -0.114. The van der Waals surface area contributed by atoms with Gasteiger partial charge in [0.15, 0.2) is 0 Å². The molecule has 1 unspecified atom stereocenters. The van der Waals surface area contributed by atoms with Gasteiger partial charge < -0.3 is 15.2 Å². The van der Waals surface area contributed by atoms with Crippen LogP contribution in [-0.2, 0) is 14.3 Å². The molecule has 0 aliphatic carbocycles. The van der Waals surface area contributed by atoms with Gasteiger partial charge in [-0.2, -0.15) is 0 Å². The fourth-order valence-corrected chi connectivity index (χ4v) is 5.18. The summed E-state index contributed by atoms with van der Waals surface area (Å²) >= 11 is 0. The van der Waals surface area contributed by atoms with Gasteiger partial charge in [-0.15, -0.1) is 0 Å². The van der Waals surface area contributed by atoms with Gasteiger partial charge in [-0.05, 0) is 27.3 Å². The average molecular weight is 382 g/mol. The van der Waals surface area contributed by atoms with Crippen molar-refractivity contribution in [3.8, 4) is 0 Å². The topological polar surface area (TPSA) is 75.6 Å². The van der Waals surface area contributed by atoms with E-state index in [0.29, 0.717) is 18.8 Å². The maximum Gasteiger partial charge on any atom is 0.321 e. The highest BCUT2D eigenvalue weighted by atomic mass is 33.1. The molecule has 0 saturated heterocycles. The van der Waals surface area contributed by atoms with Gasteiger partial charge in [0, 0.05) is 22.3 Å². The zero-order valence-corrected chi connectivity index (χ0v) is 18.0. The van der Waals surface area contributed by atoms with E-state index >= 15 is 0 Å². The molecule has 0 aliphatic rings. The first-order chi connectivity index (χ1) is 11.0. The number of carboxylic acids is 1. The number of rotatable bonds is 11. The summed E-state index contributed by atoms with van der Waals surface area (Å²) in [7, 11) is 4.89. The molecule has 0 aromatic rings. The Hall–Kier alpha value is -0.400. The summed E-state index contributed by atoms with van der Waals surface area (Å²) in [5, 5.41) is 11.8. The predicted octanol–water partition coefficient (Wildman–Crippen LogP) is 4.21.